The monoisotopic (exact) mass is 263 g/mol. The Kier molecular flexibility index (Phi) is 4.13. The van der Waals surface area contributed by atoms with Crippen LogP contribution < -0.4 is 5.32 Å². The highest BCUT2D eigenvalue weighted by Crippen LogP contribution is 2.19. The van der Waals surface area contributed by atoms with E-state index in [-0.39, 0.29) is 0 Å². The van der Waals surface area contributed by atoms with Gasteiger partial charge in [-0.2, -0.15) is 0 Å². The molecule has 0 aromatic carbocycles. The van der Waals surface area contributed by atoms with Gasteiger partial charge in [-0.3, -0.25) is 4.68 Å². The summed E-state index contributed by atoms with van der Waals surface area (Å²) in [4.78, 5) is 2.50. The fourth-order valence-corrected chi connectivity index (χ4v) is 2.86. The van der Waals surface area contributed by atoms with Crippen molar-refractivity contribution >= 4 is 0 Å². The molecule has 1 unspecified atom stereocenters. The van der Waals surface area contributed by atoms with Crippen LogP contribution in [0, 0.1) is 0 Å². The van der Waals surface area contributed by atoms with Crippen molar-refractivity contribution in [2.75, 3.05) is 13.6 Å². The highest BCUT2D eigenvalue weighted by atomic mass is 15.4. The normalized spacial score (nSPS) is 24.8. The summed E-state index contributed by atoms with van der Waals surface area (Å²) in [6.45, 7) is 3.11. The Labute approximate surface area is 115 Å². The number of aromatic nitrogens is 3. The molecule has 2 aliphatic rings. The zero-order valence-corrected chi connectivity index (χ0v) is 11.9. The summed E-state index contributed by atoms with van der Waals surface area (Å²) in [6.07, 6.45) is 10.00. The Morgan fingerprint density at radius 2 is 2.21 bits per heavy atom. The van der Waals surface area contributed by atoms with Gasteiger partial charge < -0.3 is 10.2 Å². The molecule has 1 atom stereocenters. The van der Waals surface area contributed by atoms with Gasteiger partial charge in [0.25, 0.3) is 0 Å². The van der Waals surface area contributed by atoms with Crippen LogP contribution in [0.3, 0.4) is 0 Å². The van der Waals surface area contributed by atoms with Crippen LogP contribution in [0.4, 0.5) is 0 Å². The first-order chi connectivity index (χ1) is 9.31. The van der Waals surface area contributed by atoms with Crippen molar-refractivity contribution in [1.82, 2.24) is 25.2 Å². The Morgan fingerprint density at radius 1 is 1.32 bits per heavy atom. The van der Waals surface area contributed by atoms with Gasteiger partial charge in [0, 0.05) is 31.4 Å². The number of hydrogen-bond acceptors (Lipinski definition) is 4. The molecule has 2 fully saturated rings. The minimum absolute atomic E-state index is 0.728. The van der Waals surface area contributed by atoms with Gasteiger partial charge in [-0.25, -0.2) is 0 Å². The molecule has 1 N–H and O–H groups in total. The van der Waals surface area contributed by atoms with Crippen molar-refractivity contribution in [3.05, 3.63) is 11.9 Å². The van der Waals surface area contributed by atoms with Crippen molar-refractivity contribution < 1.29 is 0 Å². The number of aryl methyl sites for hydroxylation is 1. The van der Waals surface area contributed by atoms with Crippen molar-refractivity contribution in [1.29, 1.82) is 0 Å². The SMILES string of the molecule is CN1CCCCC1CCn1cc(CNC2CC2)nn1. The standard InChI is InChI=1S/C14H25N5/c1-18-8-3-2-4-14(18)7-9-19-11-13(16-17-19)10-15-12-5-6-12/h11-12,14-15H,2-10H2,1H3. The average Bonchev–Trinajstić information content (AvgIpc) is 3.14. The zero-order valence-electron chi connectivity index (χ0n) is 11.9. The van der Waals surface area contributed by atoms with Gasteiger partial charge in [-0.05, 0) is 45.7 Å². The lowest BCUT2D eigenvalue weighted by Gasteiger charge is -2.32. The largest absolute Gasteiger partial charge is 0.308 e. The topological polar surface area (TPSA) is 46.0 Å². The Morgan fingerprint density at radius 3 is 3.00 bits per heavy atom. The van der Waals surface area contributed by atoms with E-state index in [1.807, 2.05) is 4.68 Å². The van der Waals surface area contributed by atoms with Crippen LogP contribution in [0.15, 0.2) is 6.20 Å². The predicted molar refractivity (Wildman–Crippen MR) is 74.8 cm³/mol. The molecule has 1 saturated carbocycles. The molecule has 1 aliphatic carbocycles. The minimum Gasteiger partial charge on any atom is -0.308 e. The summed E-state index contributed by atoms with van der Waals surface area (Å²) < 4.78 is 2.01. The smallest absolute Gasteiger partial charge is 0.0964 e. The fraction of sp³-hybridized carbons (Fsp3) is 0.857. The van der Waals surface area contributed by atoms with Crippen LogP contribution >= 0.6 is 0 Å². The molecule has 1 aromatic rings. The van der Waals surface area contributed by atoms with Crippen LogP contribution in [0.2, 0.25) is 0 Å². The third-order valence-electron chi connectivity index (χ3n) is 4.35. The molecule has 19 heavy (non-hydrogen) atoms. The maximum absolute atomic E-state index is 4.24. The first-order valence-corrected chi connectivity index (χ1v) is 7.64. The fourth-order valence-electron chi connectivity index (χ4n) is 2.86. The molecule has 0 amide bonds. The second-order valence-electron chi connectivity index (χ2n) is 6.05. The van der Waals surface area contributed by atoms with E-state index in [0.29, 0.717) is 0 Å². The lowest BCUT2D eigenvalue weighted by Crippen LogP contribution is -2.36. The van der Waals surface area contributed by atoms with Crippen molar-refractivity contribution in [2.24, 2.45) is 0 Å². The summed E-state index contributed by atoms with van der Waals surface area (Å²) in [5, 5.41) is 11.9. The van der Waals surface area contributed by atoms with Crippen LogP contribution in [-0.2, 0) is 13.1 Å². The lowest BCUT2D eigenvalue weighted by molar-refractivity contribution is 0.169. The molecule has 1 aliphatic heterocycles. The molecule has 0 radical (unpaired) electrons. The van der Waals surface area contributed by atoms with Gasteiger partial charge in [-0.15, -0.1) is 5.10 Å². The molecular weight excluding hydrogens is 238 g/mol. The Bertz CT molecular complexity index is 398. The predicted octanol–water partition coefficient (Wildman–Crippen LogP) is 1.40. The zero-order chi connectivity index (χ0) is 13.1. The van der Waals surface area contributed by atoms with E-state index in [4.69, 9.17) is 0 Å². The van der Waals surface area contributed by atoms with Crippen molar-refractivity contribution in [3.63, 3.8) is 0 Å². The van der Waals surface area contributed by atoms with Crippen LogP contribution in [0.25, 0.3) is 0 Å². The number of likely N-dealkylation sites (tertiary alicyclic amines) is 1. The lowest BCUT2D eigenvalue weighted by atomic mass is 10.0. The Balaban J connectivity index is 1.43. The molecule has 1 saturated heterocycles. The van der Waals surface area contributed by atoms with Gasteiger partial charge in [-0.1, -0.05) is 11.6 Å². The van der Waals surface area contributed by atoms with E-state index in [9.17, 15) is 0 Å². The third-order valence-corrected chi connectivity index (χ3v) is 4.35. The summed E-state index contributed by atoms with van der Waals surface area (Å²) in [7, 11) is 2.25. The number of hydrogen-bond donors (Lipinski definition) is 1. The number of nitrogens with zero attached hydrogens (tertiary/aromatic N) is 4. The Hall–Kier alpha value is -0.940. The van der Waals surface area contributed by atoms with E-state index < -0.39 is 0 Å². The quantitative estimate of drug-likeness (QED) is 0.843. The second-order valence-corrected chi connectivity index (χ2v) is 6.05. The average molecular weight is 263 g/mol. The van der Waals surface area contributed by atoms with Crippen LogP contribution in [0.5, 0.6) is 0 Å². The minimum atomic E-state index is 0.728. The summed E-state index contributed by atoms with van der Waals surface area (Å²) in [5.41, 5.74) is 1.07. The van der Waals surface area contributed by atoms with Crippen LogP contribution in [-0.4, -0.2) is 45.6 Å². The summed E-state index contributed by atoms with van der Waals surface area (Å²) in [5.74, 6) is 0. The number of nitrogens with one attached hydrogen (secondary N) is 1. The van der Waals surface area contributed by atoms with Crippen molar-refractivity contribution in [2.45, 2.75) is 63.7 Å². The van der Waals surface area contributed by atoms with Gasteiger partial charge in [0.15, 0.2) is 0 Å². The first kappa shape index (κ1) is 13.1. The van der Waals surface area contributed by atoms with E-state index in [2.05, 4.69) is 33.8 Å². The van der Waals surface area contributed by atoms with Gasteiger partial charge in [0.2, 0.25) is 0 Å². The van der Waals surface area contributed by atoms with E-state index in [1.54, 1.807) is 0 Å². The highest BCUT2D eigenvalue weighted by Gasteiger charge is 2.21. The molecule has 5 heteroatoms. The van der Waals surface area contributed by atoms with Crippen LogP contribution in [0.1, 0.15) is 44.2 Å². The first-order valence-electron chi connectivity index (χ1n) is 7.64. The molecule has 0 spiro atoms. The molecule has 5 nitrogen and oxygen atoms in total. The second kappa shape index (κ2) is 6.01. The maximum Gasteiger partial charge on any atom is 0.0964 e. The third kappa shape index (κ3) is 3.76. The van der Waals surface area contributed by atoms with Gasteiger partial charge in [0.05, 0.1) is 5.69 Å². The molecule has 106 valence electrons. The number of piperidine rings is 1. The summed E-state index contributed by atoms with van der Waals surface area (Å²) >= 11 is 0. The van der Waals surface area contributed by atoms with E-state index >= 15 is 0 Å². The van der Waals surface area contributed by atoms with E-state index in [0.717, 1.165) is 30.9 Å². The molecule has 1 aromatic heterocycles. The maximum atomic E-state index is 4.24. The number of rotatable bonds is 6. The molecular formula is C14H25N5. The highest BCUT2D eigenvalue weighted by molar-refractivity contribution is 4.94. The summed E-state index contributed by atoms with van der Waals surface area (Å²) in [6, 6.07) is 1.46. The molecule has 2 heterocycles. The molecule has 3 rings (SSSR count). The van der Waals surface area contributed by atoms with Gasteiger partial charge in [0.1, 0.15) is 0 Å². The van der Waals surface area contributed by atoms with Crippen molar-refractivity contribution in [3.8, 4) is 0 Å². The molecule has 0 bridgehead atoms. The van der Waals surface area contributed by atoms with E-state index in [1.165, 1.54) is 45.1 Å². The van der Waals surface area contributed by atoms with Gasteiger partial charge >= 0.3 is 0 Å².